The Labute approximate surface area is 258 Å². The summed E-state index contributed by atoms with van der Waals surface area (Å²) in [5.41, 5.74) is 1.27. The zero-order chi connectivity index (χ0) is 30.5. The van der Waals surface area contributed by atoms with E-state index in [4.69, 9.17) is 21.5 Å². The molecule has 3 aromatic carbocycles. The van der Waals surface area contributed by atoms with Crippen molar-refractivity contribution in [1.29, 1.82) is 0 Å². The molecule has 15 heteroatoms. The number of aromatic nitrogens is 1. The maximum Gasteiger partial charge on any atom is 0.305 e. The number of para-hydroxylation sites is 1. The smallest absolute Gasteiger partial charge is 0.305 e. The van der Waals surface area contributed by atoms with Crippen LogP contribution in [0.2, 0.25) is 5.02 Å². The van der Waals surface area contributed by atoms with Gasteiger partial charge in [0, 0.05) is 27.1 Å². The van der Waals surface area contributed by atoms with E-state index in [9.17, 15) is 27.6 Å². The van der Waals surface area contributed by atoms with Crippen LogP contribution in [-0.2, 0) is 24.4 Å². The molecule has 43 heavy (non-hydrogen) atoms. The number of nitrogens with one attached hydrogen (secondary N) is 2. The number of nitrogens with zero attached hydrogens (tertiary/aromatic N) is 1. The molecule has 1 saturated heterocycles. The number of thioether (sulfide) groups is 1. The van der Waals surface area contributed by atoms with Crippen molar-refractivity contribution in [3.05, 3.63) is 97.9 Å². The molecule has 0 bridgehead atoms. The molecular weight excluding hydrogens is 636 g/mol. The van der Waals surface area contributed by atoms with Gasteiger partial charge in [0.15, 0.2) is 6.61 Å². The van der Waals surface area contributed by atoms with Crippen LogP contribution in [0, 0.1) is 5.92 Å². The number of nitrogens with two attached hydrogens (primary N) is 1. The fourth-order valence-electron chi connectivity index (χ4n) is 5.13. The molecule has 4 aromatic rings. The summed E-state index contributed by atoms with van der Waals surface area (Å²) in [5, 5.41) is 7.91. The number of primary sulfonamides is 1. The number of thiazole rings is 1. The highest BCUT2D eigenvalue weighted by Crippen LogP contribution is 2.54. The molecule has 6 rings (SSSR count). The normalized spacial score (nSPS) is 19.6. The Hall–Kier alpha value is -3.95. The first-order chi connectivity index (χ1) is 20.5. The second kappa shape index (κ2) is 11.3. The van der Waals surface area contributed by atoms with Gasteiger partial charge in [-0.1, -0.05) is 52.9 Å². The standard InChI is InChI=1S/C28H21ClN4O7S3/c29-14-5-9-16(10-6-14)33-26(35)22-21(23-25(32-28(37)42-23)41-24(22)27(33)36)18-3-1-2-4-19(18)40-13-20(34)31-15-7-11-17(12-8-15)43(30,38)39/h1-12,21-22,24H,13H2,(H,31,34)(H,32,37)(H2,30,38,39)/t21-,22?,24?/m1/s1. The van der Waals surface area contributed by atoms with E-state index in [-0.39, 0.29) is 9.77 Å². The largest absolute Gasteiger partial charge is 0.483 e. The molecule has 11 nitrogen and oxygen atoms in total. The summed E-state index contributed by atoms with van der Waals surface area (Å²) in [6.45, 7) is -0.413. The van der Waals surface area contributed by atoms with E-state index in [1.165, 1.54) is 24.3 Å². The minimum atomic E-state index is -3.88. The highest BCUT2D eigenvalue weighted by atomic mass is 35.5. The summed E-state index contributed by atoms with van der Waals surface area (Å²) in [7, 11) is -3.88. The van der Waals surface area contributed by atoms with Crippen LogP contribution in [0.3, 0.4) is 0 Å². The molecule has 2 aliphatic heterocycles. The number of imide groups is 1. The predicted molar refractivity (Wildman–Crippen MR) is 162 cm³/mol. The lowest BCUT2D eigenvalue weighted by Crippen LogP contribution is -2.32. The summed E-state index contributed by atoms with van der Waals surface area (Å²) in [6.07, 6.45) is 0. The lowest BCUT2D eigenvalue weighted by atomic mass is 9.82. The van der Waals surface area contributed by atoms with Crippen LogP contribution in [0.4, 0.5) is 11.4 Å². The van der Waals surface area contributed by atoms with Crippen molar-refractivity contribution >= 4 is 73.8 Å². The Bertz CT molecular complexity index is 1920. The van der Waals surface area contributed by atoms with Gasteiger partial charge in [-0.15, -0.1) is 0 Å². The van der Waals surface area contributed by atoms with E-state index in [2.05, 4.69) is 10.3 Å². The van der Waals surface area contributed by atoms with Gasteiger partial charge in [0.1, 0.15) is 11.0 Å². The number of fused-ring (bicyclic) bond motifs is 2. The second-order valence-corrected chi connectivity index (χ2v) is 13.8. The van der Waals surface area contributed by atoms with Gasteiger partial charge in [-0.3, -0.25) is 19.2 Å². The van der Waals surface area contributed by atoms with E-state index in [0.717, 1.165) is 28.0 Å². The highest BCUT2D eigenvalue weighted by molar-refractivity contribution is 8.00. The summed E-state index contributed by atoms with van der Waals surface area (Å²) >= 11 is 8.14. The van der Waals surface area contributed by atoms with Gasteiger partial charge >= 0.3 is 4.87 Å². The molecule has 1 fully saturated rings. The molecule has 4 N–H and O–H groups in total. The number of amides is 3. The van der Waals surface area contributed by atoms with Crippen LogP contribution < -0.4 is 25.0 Å². The van der Waals surface area contributed by atoms with Crippen molar-refractivity contribution < 1.29 is 27.5 Å². The number of anilines is 2. The number of aromatic amines is 1. The number of sulfonamides is 1. The first kappa shape index (κ1) is 29.1. The predicted octanol–water partition coefficient (Wildman–Crippen LogP) is 3.55. The molecule has 2 aliphatic rings. The highest BCUT2D eigenvalue weighted by Gasteiger charge is 2.56. The zero-order valence-electron chi connectivity index (χ0n) is 21.9. The van der Waals surface area contributed by atoms with E-state index in [1.54, 1.807) is 48.5 Å². The van der Waals surface area contributed by atoms with Gasteiger partial charge in [-0.05, 0) is 54.6 Å². The third kappa shape index (κ3) is 5.59. The number of carbonyl (C=O) groups excluding carboxylic acids is 3. The monoisotopic (exact) mass is 656 g/mol. The molecular formula is C28H21ClN4O7S3. The van der Waals surface area contributed by atoms with Crippen LogP contribution >= 0.6 is 34.7 Å². The molecule has 0 radical (unpaired) electrons. The average Bonchev–Trinajstić information content (AvgIpc) is 3.46. The van der Waals surface area contributed by atoms with Crippen LogP contribution in [0.25, 0.3) is 0 Å². The number of hydrogen-bond donors (Lipinski definition) is 3. The van der Waals surface area contributed by atoms with Crippen molar-refractivity contribution in [2.45, 2.75) is 21.1 Å². The third-order valence-electron chi connectivity index (χ3n) is 6.99. The average molecular weight is 657 g/mol. The maximum atomic E-state index is 13.9. The van der Waals surface area contributed by atoms with Crippen molar-refractivity contribution in [1.82, 2.24) is 4.98 Å². The van der Waals surface area contributed by atoms with Gasteiger partial charge in [-0.2, -0.15) is 0 Å². The van der Waals surface area contributed by atoms with Gasteiger partial charge < -0.3 is 15.0 Å². The third-order valence-corrected chi connectivity index (χ3v) is 10.6. The second-order valence-electron chi connectivity index (χ2n) is 9.68. The molecule has 3 heterocycles. The van der Waals surface area contributed by atoms with E-state index in [1.807, 2.05) is 0 Å². The van der Waals surface area contributed by atoms with Gasteiger partial charge in [-0.25, -0.2) is 18.5 Å². The molecule has 0 aliphatic carbocycles. The quantitative estimate of drug-likeness (QED) is 0.254. The van der Waals surface area contributed by atoms with E-state index in [0.29, 0.717) is 37.6 Å². The van der Waals surface area contributed by atoms with E-state index >= 15 is 0 Å². The minimum Gasteiger partial charge on any atom is -0.483 e. The number of halogens is 1. The molecule has 2 unspecified atom stereocenters. The lowest BCUT2D eigenvalue weighted by Gasteiger charge is -2.30. The van der Waals surface area contributed by atoms with Crippen LogP contribution in [0.5, 0.6) is 5.75 Å². The SMILES string of the molecule is NS(=O)(=O)c1ccc(NC(=O)COc2ccccc2[C@H]2c3sc(=O)[nH]c3SC3C(=O)N(c4ccc(Cl)cc4)C(=O)C32)cc1. The maximum absolute atomic E-state index is 13.9. The Morgan fingerprint density at radius 3 is 2.40 bits per heavy atom. The summed E-state index contributed by atoms with van der Waals surface area (Å²) in [6, 6.07) is 18.6. The number of H-pyrrole nitrogens is 1. The van der Waals surface area contributed by atoms with Crippen LogP contribution in [0.1, 0.15) is 16.4 Å². The Morgan fingerprint density at radius 2 is 1.70 bits per heavy atom. The fraction of sp³-hybridized carbons (Fsp3) is 0.143. The zero-order valence-corrected chi connectivity index (χ0v) is 25.1. The first-order valence-corrected chi connectivity index (χ1v) is 16.3. The van der Waals surface area contributed by atoms with Crippen LogP contribution in [-0.4, -0.2) is 43.0 Å². The first-order valence-electron chi connectivity index (χ1n) is 12.7. The Kier molecular flexibility index (Phi) is 7.64. The molecule has 220 valence electrons. The summed E-state index contributed by atoms with van der Waals surface area (Å²) in [4.78, 5) is 56.8. The number of hydrogen-bond acceptors (Lipinski definition) is 9. The number of benzene rings is 3. The fourth-order valence-corrected chi connectivity index (χ4v) is 8.28. The lowest BCUT2D eigenvalue weighted by molar-refractivity contribution is -0.122. The number of carbonyl (C=O) groups is 3. The van der Waals surface area contributed by atoms with Crippen molar-refractivity contribution in [2.75, 3.05) is 16.8 Å². The van der Waals surface area contributed by atoms with Crippen molar-refractivity contribution in [3.63, 3.8) is 0 Å². The number of ether oxygens (including phenoxy) is 1. The van der Waals surface area contributed by atoms with E-state index < -0.39 is 51.4 Å². The van der Waals surface area contributed by atoms with Crippen LogP contribution in [0.15, 0.2) is 87.5 Å². The summed E-state index contributed by atoms with van der Waals surface area (Å²) < 4.78 is 28.9. The van der Waals surface area contributed by atoms with Gasteiger partial charge in [0.2, 0.25) is 21.8 Å². The topological polar surface area (TPSA) is 169 Å². The minimum absolute atomic E-state index is 0.0966. The van der Waals surface area contributed by atoms with Gasteiger partial charge in [0.05, 0.1) is 21.5 Å². The molecule has 0 saturated carbocycles. The van der Waals surface area contributed by atoms with Gasteiger partial charge in [0.25, 0.3) is 5.91 Å². The van der Waals surface area contributed by atoms with Crippen molar-refractivity contribution in [3.8, 4) is 5.75 Å². The summed E-state index contributed by atoms with van der Waals surface area (Å²) in [5.74, 6) is -2.60. The number of rotatable bonds is 7. The molecule has 0 spiro atoms. The molecule has 1 aromatic heterocycles. The Morgan fingerprint density at radius 1 is 1.00 bits per heavy atom. The molecule has 3 atom stereocenters. The molecule has 3 amide bonds. The Balaban J connectivity index is 1.29. The van der Waals surface area contributed by atoms with Crippen molar-refractivity contribution in [2.24, 2.45) is 11.1 Å².